The van der Waals surface area contributed by atoms with Crippen LogP contribution in [0.3, 0.4) is 0 Å². The van der Waals surface area contributed by atoms with E-state index < -0.39 is 75.7 Å². The fraction of sp³-hybridized carbons (Fsp3) is 0.303. The SMILES string of the molecule is CSc1cnc(C(Cc2cc(F)cc(F)c2)NC(=O)Cn2nc(C(F)F)c3c2C(F)(F)C2C=CC32)c(-c2cccc3c(NS(C)(=O)=O)nn(C)c23)n1. The monoisotopic (exact) mass is 762 g/mol. The van der Waals surface area contributed by atoms with Crippen LogP contribution < -0.4 is 10.0 Å². The third-order valence-electron chi connectivity index (χ3n) is 8.92. The van der Waals surface area contributed by atoms with Crippen molar-refractivity contribution < 1.29 is 39.6 Å². The minimum Gasteiger partial charge on any atom is -0.346 e. The summed E-state index contributed by atoms with van der Waals surface area (Å²) in [6, 6.07) is 6.47. The Bertz CT molecular complexity index is 2380. The van der Waals surface area contributed by atoms with E-state index in [1.807, 2.05) is 0 Å². The van der Waals surface area contributed by atoms with Gasteiger partial charge in [-0.25, -0.2) is 31.0 Å². The summed E-state index contributed by atoms with van der Waals surface area (Å²) >= 11 is 1.24. The molecule has 19 heteroatoms. The number of hydrogen-bond acceptors (Lipinski definition) is 8. The number of benzene rings is 2. The van der Waals surface area contributed by atoms with Crippen molar-refractivity contribution in [1.29, 1.82) is 0 Å². The largest absolute Gasteiger partial charge is 0.346 e. The lowest BCUT2D eigenvalue weighted by Gasteiger charge is -2.27. The molecule has 0 spiro atoms. The second-order valence-electron chi connectivity index (χ2n) is 12.5. The van der Waals surface area contributed by atoms with E-state index >= 15 is 8.78 Å². The Morgan fingerprint density at radius 2 is 1.81 bits per heavy atom. The lowest BCUT2D eigenvalue weighted by atomic mass is 9.81. The second-order valence-corrected chi connectivity index (χ2v) is 15.0. The third kappa shape index (κ3) is 6.29. The Labute approximate surface area is 296 Å². The summed E-state index contributed by atoms with van der Waals surface area (Å²) in [5, 5.41) is 11.6. The van der Waals surface area contributed by atoms with Gasteiger partial charge in [0.2, 0.25) is 15.9 Å². The van der Waals surface area contributed by atoms with E-state index in [1.165, 1.54) is 34.8 Å². The van der Waals surface area contributed by atoms with Crippen LogP contribution in [0, 0.1) is 17.6 Å². The molecule has 2 N–H and O–H groups in total. The van der Waals surface area contributed by atoms with E-state index in [0.717, 1.165) is 18.4 Å². The van der Waals surface area contributed by atoms with Gasteiger partial charge in [-0.2, -0.15) is 19.0 Å². The highest BCUT2D eigenvalue weighted by Crippen LogP contribution is 2.59. The summed E-state index contributed by atoms with van der Waals surface area (Å²) in [7, 11) is -2.15. The van der Waals surface area contributed by atoms with Gasteiger partial charge in [0.25, 0.3) is 12.3 Å². The first-order valence-corrected chi connectivity index (χ1v) is 18.7. The number of rotatable bonds is 11. The van der Waals surface area contributed by atoms with Crippen molar-refractivity contribution >= 4 is 44.4 Å². The molecular weight excluding hydrogens is 735 g/mol. The maximum absolute atomic E-state index is 15.5. The fourth-order valence-electron chi connectivity index (χ4n) is 6.83. The van der Waals surface area contributed by atoms with E-state index in [9.17, 15) is 30.8 Å². The van der Waals surface area contributed by atoms with Crippen LogP contribution in [-0.4, -0.2) is 56.4 Å². The maximum Gasteiger partial charge on any atom is 0.296 e. The van der Waals surface area contributed by atoms with Crippen LogP contribution in [0.25, 0.3) is 22.2 Å². The minimum atomic E-state index is -3.73. The van der Waals surface area contributed by atoms with Gasteiger partial charge in [0.05, 0.1) is 41.3 Å². The Morgan fingerprint density at radius 3 is 2.44 bits per heavy atom. The smallest absolute Gasteiger partial charge is 0.296 e. The first-order chi connectivity index (χ1) is 24.5. The lowest BCUT2D eigenvalue weighted by molar-refractivity contribution is -0.123. The van der Waals surface area contributed by atoms with Crippen molar-refractivity contribution in [3.63, 3.8) is 0 Å². The van der Waals surface area contributed by atoms with Crippen LogP contribution in [0.5, 0.6) is 0 Å². The molecule has 2 aliphatic carbocycles. The van der Waals surface area contributed by atoms with Crippen molar-refractivity contribution in [2.24, 2.45) is 13.0 Å². The van der Waals surface area contributed by atoms with Crippen LogP contribution in [-0.2, 0) is 40.8 Å². The third-order valence-corrected chi connectivity index (χ3v) is 10.1. The van der Waals surface area contributed by atoms with Gasteiger partial charge in [0.1, 0.15) is 34.6 Å². The predicted molar refractivity (Wildman–Crippen MR) is 179 cm³/mol. The Hall–Kier alpha value is -4.91. The Balaban J connectivity index is 1.33. The number of allylic oxidation sites excluding steroid dienone is 2. The lowest BCUT2D eigenvalue weighted by Crippen LogP contribution is -2.35. The van der Waals surface area contributed by atoms with Gasteiger partial charge in [0.15, 0.2) is 5.82 Å². The van der Waals surface area contributed by atoms with E-state index in [-0.39, 0.29) is 34.8 Å². The molecule has 3 unspecified atom stereocenters. The molecule has 2 aliphatic rings. The number of aryl methyl sites for hydroxylation is 1. The van der Waals surface area contributed by atoms with Crippen molar-refractivity contribution in [3.8, 4) is 11.3 Å². The van der Waals surface area contributed by atoms with E-state index in [0.29, 0.717) is 32.2 Å². The van der Waals surface area contributed by atoms with Gasteiger partial charge in [-0.05, 0) is 36.4 Å². The predicted octanol–water partition coefficient (Wildman–Crippen LogP) is 6.01. The number of halogens is 6. The molecule has 11 nitrogen and oxygen atoms in total. The summed E-state index contributed by atoms with van der Waals surface area (Å²) in [6.07, 6.45) is 3.32. The molecule has 272 valence electrons. The van der Waals surface area contributed by atoms with Crippen LogP contribution >= 0.6 is 11.8 Å². The topological polar surface area (TPSA) is 137 Å². The van der Waals surface area contributed by atoms with Gasteiger partial charge in [-0.15, -0.1) is 11.8 Å². The highest BCUT2D eigenvalue weighted by atomic mass is 32.2. The number of sulfonamides is 1. The van der Waals surface area contributed by atoms with E-state index in [4.69, 9.17) is 4.98 Å². The zero-order valence-corrected chi connectivity index (χ0v) is 29.0. The summed E-state index contributed by atoms with van der Waals surface area (Å²) < 4.78 is 116. The Morgan fingerprint density at radius 1 is 1.08 bits per heavy atom. The van der Waals surface area contributed by atoms with Crippen LogP contribution in [0.1, 0.15) is 46.6 Å². The highest BCUT2D eigenvalue weighted by Gasteiger charge is 2.60. The number of carbonyl (C=O) groups excluding carboxylic acids is 1. The van der Waals surface area contributed by atoms with Crippen molar-refractivity contribution in [2.45, 2.75) is 42.3 Å². The fourth-order valence-corrected chi connectivity index (χ4v) is 7.68. The quantitative estimate of drug-likeness (QED) is 0.0949. The normalized spacial score (nSPS) is 18.0. The number of anilines is 1. The standard InChI is InChI=1S/C33H28F6N8O3S2/c1-46-29-19(5-4-6-20(29)32(44-46)45-52(3,49)50)26-27(40-13-24(42-26)51-2)22(11-15-9-16(34)12-17(35)10-15)41-23(48)14-47-30-25(28(43-47)31(36)37)18-7-8-21(18)33(30,38)39/h4-10,12-13,18,21-22,31H,11,14H2,1-3H3,(H,41,48)(H,44,45). The molecule has 3 heterocycles. The summed E-state index contributed by atoms with van der Waals surface area (Å²) in [6.45, 7) is -0.887. The number of alkyl halides is 4. The molecule has 3 aromatic heterocycles. The molecule has 0 fully saturated rings. The highest BCUT2D eigenvalue weighted by molar-refractivity contribution is 7.98. The van der Waals surface area contributed by atoms with Gasteiger partial charge < -0.3 is 5.32 Å². The van der Waals surface area contributed by atoms with E-state index in [1.54, 1.807) is 31.5 Å². The van der Waals surface area contributed by atoms with Crippen molar-refractivity contribution in [3.05, 3.63) is 94.6 Å². The van der Waals surface area contributed by atoms with Crippen LogP contribution in [0.15, 0.2) is 59.8 Å². The van der Waals surface area contributed by atoms with Crippen LogP contribution in [0.2, 0.25) is 0 Å². The number of amides is 1. The zero-order chi connectivity index (χ0) is 37.3. The number of nitrogens with one attached hydrogen (secondary N) is 2. The average Bonchev–Trinajstić information content (AvgIpc) is 3.60. The number of fused-ring (bicyclic) bond motifs is 4. The van der Waals surface area contributed by atoms with Crippen molar-refractivity contribution in [2.75, 3.05) is 17.2 Å². The van der Waals surface area contributed by atoms with Gasteiger partial charge in [-0.1, -0.05) is 24.3 Å². The molecule has 0 saturated heterocycles. The molecule has 0 radical (unpaired) electrons. The van der Waals surface area contributed by atoms with Crippen molar-refractivity contribution in [1.82, 2.24) is 34.8 Å². The number of aromatic nitrogens is 6. The zero-order valence-electron chi connectivity index (χ0n) is 27.4. The number of hydrogen-bond donors (Lipinski definition) is 2. The number of para-hydroxylation sites is 1. The second kappa shape index (κ2) is 12.9. The average molecular weight is 763 g/mol. The molecule has 0 aliphatic heterocycles. The first kappa shape index (κ1) is 35.5. The molecule has 7 rings (SSSR count). The molecule has 3 atom stereocenters. The summed E-state index contributed by atoms with van der Waals surface area (Å²) in [5.41, 5.74) is -0.725. The van der Waals surface area contributed by atoms with E-state index in [2.05, 4.69) is 25.2 Å². The minimum absolute atomic E-state index is 0.0350. The molecule has 5 aromatic rings. The molecule has 0 bridgehead atoms. The number of carbonyl (C=O) groups is 1. The summed E-state index contributed by atoms with van der Waals surface area (Å²) in [4.78, 5) is 23.1. The molecule has 1 amide bonds. The maximum atomic E-state index is 15.5. The van der Waals surface area contributed by atoms with Gasteiger partial charge >= 0.3 is 0 Å². The molecular formula is C33H28F6N8O3S2. The van der Waals surface area contributed by atoms with Gasteiger partial charge in [-0.3, -0.25) is 23.9 Å². The molecule has 2 aromatic carbocycles. The molecule has 0 saturated carbocycles. The first-order valence-electron chi connectivity index (χ1n) is 15.6. The number of thioether (sulfide) groups is 1. The van der Waals surface area contributed by atoms with Crippen LogP contribution in [0.4, 0.5) is 32.2 Å². The molecule has 52 heavy (non-hydrogen) atoms. The summed E-state index contributed by atoms with van der Waals surface area (Å²) in [5.74, 6) is -8.55. The number of nitrogens with zero attached hydrogens (tertiary/aromatic N) is 6. The van der Waals surface area contributed by atoms with Gasteiger partial charge in [0, 0.05) is 35.5 Å². The Kier molecular flexibility index (Phi) is 8.83.